The van der Waals surface area contributed by atoms with Crippen molar-refractivity contribution in [1.82, 2.24) is 9.97 Å². The molecule has 110 valence electrons. The first-order valence-electron chi connectivity index (χ1n) is 6.81. The Kier molecular flexibility index (Phi) is 3.53. The van der Waals surface area contributed by atoms with Gasteiger partial charge in [-0.3, -0.25) is 0 Å². The minimum absolute atomic E-state index is 0.426. The van der Waals surface area contributed by atoms with Gasteiger partial charge < -0.3 is 5.32 Å². The number of anilines is 2. The molecule has 21 heavy (non-hydrogen) atoms. The van der Waals surface area contributed by atoms with Crippen molar-refractivity contribution in [2.45, 2.75) is 31.9 Å². The van der Waals surface area contributed by atoms with Crippen LogP contribution in [-0.2, 0) is 19.0 Å². The molecule has 0 saturated carbocycles. The van der Waals surface area contributed by atoms with Crippen LogP contribution >= 0.6 is 0 Å². The summed E-state index contributed by atoms with van der Waals surface area (Å²) in [5.74, 6) is 0.426. The quantitative estimate of drug-likeness (QED) is 0.905. The van der Waals surface area contributed by atoms with Crippen molar-refractivity contribution < 1.29 is 13.2 Å². The number of hydrogen-bond donors (Lipinski definition) is 1. The number of halogens is 3. The SMILES string of the molecule is FC(F)(F)c1ccc(Nc2ncc3c(n2)CCCC3)cc1. The number of nitrogens with zero attached hydrogens (tertiary/aromatic N) is 2. The maximum atomic E-state index is 12.5. The molecular formula is C15H14F3N3. The van der Waals surface area contributed by atoms with Crippen LogP contribution in [0.5, 0.6) is 0 Å². The summed E-state index contributed by atoms with van der Waals surface area (Å²) in [5, 5.41) is 2.94. The highest BCUT2D eigenvalue weighted by Gasteiger charge is 2.29. The molecule has 6 heteroatoms. The van der Waals surface area contributed by atoms with Crippen LogP contribution in [0.3, 0.4) is 0 Å². The third-order valence-electron chi connectivity index (χ3n) is 3.53. The van der Waals surface area contributed by atoms with Gasteiger partial charge in [0.15, 0.2) is 0 Å². The molecule has 0 bridgehead atoms. The van der Waals surface area contributed by atoms with Crippen molar-refractivity contribution in [3.63, 3.8) is 0 Å². The standard InChI is InChI=1S/C15H14F3N3/c16-15(17,18)11-5-7-12(8-6-11)20-14-19-9-10-3-1-2-4-13(10)21-14/h5-9H,1-4H2,(H,19,20,21). The topological polar surface area (TPSA) is 37.8 Å². The molecule has 1 aromatic heterocycles. The van der Waals surface area contributed by atoms with E-state index >= 15 is 0 Å². The van der Waals surface area contributed by atoms with E-state index < -0.39 is 11.7 Å². The van der Waals surface area contributed by atoms with E-state index in [9.17, 15) is 13.2 Å². The smallest absolute Gasteiger partial charge is 0.324 e. The number of hydrogen-bond acceptors (Lipinski definition) is 3. The summed E-state index contributed by atoms with van der Waals surface area (Å²) in [6, 6.07) is 4.85. The monoisotopic (exact) mass is 293 g/mol. The third kappa shape index (κ3) is 3.15. The molecular weight excluding hydrogens is 279 g/mol. The maximum Gasteiger partial charge on any atom is 0.416 e. The first-order valence-corrected chi connectivity index (χ1v) is 6.81. The van der Waals surface area contributed by atoms with Crippen LogP contribution in [0.25, 0.3) is 0 Å². The molecule has 3 nitrogen and oxygen atoms in total. The van der Waals surface area contributed by atoms with Crippen LogP contribution < -0.4 is 5.32 Å². The van der Waals surface area contributed by atoms with Gasteiger partial charge in [-0.1, -0.05) is 0 Å². The van der Waals surface area contributed by atoms with Crippen LogP contribution in [0, 0.1) is 0 Å². The number of alkyl halides is 3. The van der Waals surface area contributed by atoms with E-state index in [1.54, 1.807) is 6.20 Å². The van der Waals surface area contributed by atoms with E-state index in [0.717, 1.165) is 43.5 Å². The van der Waals surface area contributed by atoms with Crippen molar-refractivity contribution >= 4 is 11.6 Å². The second-order valence-corrected chi connectivity index (χ2v) is 5.07. The summed E-state index contributed by atoms with van der Waals surface area (Å²) >= 11 is 0. The van der Waals surface area contributed by atoms with Crippen molar-refractivity contribution in [3.8, 4) is 0 Å². The van der Waals surface area contributed by atoms with Gasteiger partial charge in [-0.2, -0.15) is 13.2 Å². The number of aromatic nitrogens is 2. The molecule has 0 aliphatic heterocycles. The van der Waals surface area contributed by atoms with Gasteiger partial charge in [-0.05, 0) is 55.5 Å². The highest BCUT2D eigenvalue weighted by Crippen LogP contribution is 2.30. The van der Waals surface area contributed by atoms with E-state index in [2.05, 4.69) is 15.3 Å². The zero-order chi connectivity index (χ0) is 14.9. The predicted molar refractivity (Wildman–Crippen MR) is 73.4 cm³/mol. The maximum absolute atomic E-state index is 12.5. The van der Waals surface area contributed by atoms with Gasteiger partial charge in [-0.25, -0.2) is 9.97 Å². The van der Waals surface area contributed by atoms with Gasteiger partial charge >= 0.3 is 6.18 Å². The Morgan fingerprint density at radius 2 is 1.71 bits per heavy atom. The molecule has 1 aliphatic rings. The highest BCUT2D eigenvalue weighted by molar-refractivity contribution is 5.54. The number of fused-ring (bicyclic) bond motifs is 1. The zero-order valence-corrected chi connectivity index (χ0v) is 11.2. The normalized spacial score (nSPS) is 14.6. The first-order chi connectivity index (χ1) is 10.0. The summed E-state index contributed by atoms with van der Waals surface area (Å²) in [6.07, 6.45) is 1.68. The number of nitrogens with one attached hydrogen (secondary N) is 1. The number of rotatable bonds is 2. The predicted octanol–water partition coefficient (Wildman–Crippen LogP) is 4.12. The number of benzene rings is 1. The van der Waals surface area contributed by atoms with Crippen molar-refractivity contribution in [3.05, 3.63) is 47.3 Å². The molecule has 1 N–H and O–H groups in total. The Labute approximate surface area is 120 Å². The van der Waals surface area contributed by atoms with Gasteiger partial charge in [0.25, 0.3) is 0 Å². The Bertz CT molecular complexity index is 636. The van der Waals surface area contributed by atoms with E-state index in [1.807, 2.05) is 0 Å². The Morgan fingerprint density at radius 3 is 2.43 bits per heavy atom. The molecule has 0 fully saturated rings. The van der Waals surface area contributed by atoms with E-state index in [0.29, 0.717) is 11.6 Å². The number of aryl methyl sites for hydroxylation is 2. The lowest BCUT2D eigenvalue weighted by Crippen LogP contribution is -2.09. The van der Waals surface area contributed by atoms with Gasteiger partial charge in [0.2, 0.25) is 5.95 Å². The summed E-state index contributed by atoms with van der Waals surface area (Å²) in [5.41, 5.74) is 2.07. The molecule has 0 spiro atoms. The molecule has 1 aromatic carbocycles. The van der Waals surface area contributed by atoms with Crippen molar-refractivity contribution in [2.75, 3.05) is 5.32 Å². The molecule has 0 unspecified atom stereocenters. The first kappa shape index (κ1) is 13.9. The largest absolute Gasteiger partial charge is 0.416 e. The molecule has 0 atom stereocenters. The summed E-state index contributed by atoms with van der Waals surface area (Å²) < 4.78 is 37.5. The van der Waals surface area contributed by atoms with Gasteiger partial charge in [0.05, 0.1) is 5.56 Å². The Hall–Kier alpha value is -2.11. The van der Waals surface area contributed by atoms with Crippen LogP contribution in [0.1, 0.15) is 29.7 Å². The third-order valence-corrected chi connectivity index (χ3v) is 3.53. The second kappa shape index (κ2) is 5.35. The van der Waals surface area contributed by atoms with Crippen LogP contribution in [0.15, 0.2) is 30.5 Å². The summed E-state index contributed by atoms with van der Waals surface area (Å²) in [7, 11) is 0. The van der Waals surface area contributed by atoms with E-state index in [1.165, 1.54) is 17.7 Å². The van der Waals surface area contributed by atoms with Crippen molar-refractivity contribution in [2.24, 2.45) is 0 Å². The molecule has 1 aliphatic carbocycles. The van der Waals surface area contributed by atoms with Gasteiger partial charge in [0, 0.05) is 17.6 Å². The zero-order valence-electron chi connectivity index (χ0n) is 11.2. The fourth-order valence-corrected chi connectivity index (χ4v) is 2.41. The molecule has 0 radical (unpaired) electrons. The lowest BCUT2D eigenvalue weighted by atomic mass is 9.98. The second-order valence-electron chi connectivity index (χ2n) is 5.07. The Balaban J connectivity index is 1.77. The van der Waals surface area contributed by atoms with Crippen LogP contribution in [0.2, 0.25) is 0 Å². The molecule has 2 aromatic rings. The Morgan fingerprint density at radius 1 is 1.00 bits per heavy atom. The van der Waals surface area contributed by atoms with E-state index in [-0.39, 0.29) is 0 Å². The molecule has 0 amide bonds. The fraction of sp³-hybridized carbons (Fsp3) is 0.333. The fourth-order valence-electron chi connectivity index (χ4n) is 2.41. The van der Waals surface area contributed by atoms with E-state index in [4.69, 9.17) is 0 Å². The van der Waals surface area contributed by atoms with Gasteiger partial charge in [-0.15, -0.1) is 0 Å². The molecule has 0 saturated heterocycles. The van der Waals surface area contributed by atoms with Gasteiger partial charge in [0.1, 0.15) is 0 Å². The van der Waals surface area contributed by atoms with Crippen LogP contribution in [0.4, 0.5) is 24.8 Å². The minimum atomic E-state index is -4.32. The molecule has 1 heterocycles. The lowest BCUT2D eigenvalue weighted by Gasteiger charge is -2.15. The average Bonchev–Trinajstić information content (AvgIpc) is 2.47. The lowest BCUT2D eigenvalue weighted by molar-refractivity contribution is -0.137. The van der Waals surface area contributed by atoms with Crippen LogP contribution in [-0.4, -0.2) is 9.97 Å². The average molecular weight is 293 g/mol. The molecule has 3 rings (SSSR count). The minimum Gasteiger partial charge on any atom is -0.324 e. The summed E-state index contributed by atoms with van der Waals surface area (Å²) in [6.45, 7) is 0. The van der Waals surface area contributed by atoms with Crippen molar-refractivity contribution in [1.29, 1.82) is 0 Å². The summed E-state index contributed by atoms with van der Waals surface area (Å²) in [4.78, 5) is 8.65. The highest BCUT2D eigenvalue weighted by atomic mass is 19.4.